The van der Waals surface area contributed by atoms with Crippen LogP contribution in [0.4, 0.5) is 0 Å². The Bertz CT molecular complexity index is 670. The van der Waals surface area contributed by atoms with Crippen molar-refractivity contribution in [2.75, 3.05) is 0 Å². The van der Waals surface area contributed by atoms with Crippen LogP contribution < -0.4 is 5.32 Å². The number of benzene rings is 1. The zero-order valence-corrected chi connectivity index (χ0v) is 12.3. The van der Waals surface area contributed by atoms with Gasteiger partial charge in [0.05, 0.1) is 18.1 Å². The summed E-state index contributed by atoms with van der Waals surface area (Å²) in [6.07, 6.45) is 1.54. The number of carbonyl (C=O) groups excluding carboxylic acids is 1. The van der Waals surface area contributed by atoms with Crippen molar-refractivity contribution >= 4 is 22.8 Å². The molecule has 1 aromatic heterocycles. The number of carbonyl (C=O) groups is 2. The second-order valence-corrected chi connectivity index (χ2v) is 6.16. The second kappa shape index (κ2) is 5.55. The number of aromatic amines is 1. The summed E-state index contributed by atoms with van der Waals surface area (Å²) in [5.74, 6) is -1.21. The van der Waals surface area contributed by atoms with Crippen LogP contribution in [0.25, 0.3) is 10.9 Å². The van der Waals surface area contributed by atoms with Crippen molar-refractivity contribution < 1.29 is 14.7 Å². The molecule has 0 bridgehead atoms. The van der Waals surface area contributed by atoms with E-state index in [1.165, 1.54) is 0 Å². The summed E-state index contributed by atoms with van der Waals surface area (Å²) in [5, 5.41) is 19.4. The fourth-order valence-electron chi connectivity index (χ4n) is 2.07. The van der Waals surface area contributed by atoms with E-state index in [1.807, 2.05) is 20.8 Å². The Balaban J connectivity index is 2.19. The molecular weight excluding hydrogens is 270 g/mol. The van der Waals surface area contributed by atoms with Crippen molar-refractivity contribution in [2.45, 2.75) is 33.2 Å². The minimum absolute atomic E-state index is 0.108. The fourth-order valence-corrected chi connectivity index (χ4v) is 2.07. The quantitative estimate of drug-likeness (QED) is 0.804. The molecule has 1 unspecified atom stereocenters. The van der Waals surface area contributed by atoms with Gasteiger partial charge in [0.1, 0.15) is 0 Å². The van der Waals surface area contributed by atoms with Gasteiger partial charge in [-0.2, -0.15) is 5.10 Å². The highest BCUT2D eigenvalue weighted by Crippen LogP contribution is 2.22. The van der Waals surface area contributed by atoms with E-state index in [1.54, 1.807) is 24.4 Å². The number of rotatable bonds is 4. The third-order valence-corrected chi connectivity index (χ3v) is 3.43. The van der Waals surface area contributed by atoms with Gasteiger partial charge < -0.3 is 10.4 Å². The van der Waals surface area contributed by atoms with E-state index in [9.17, 15) is 9.59 Å². The van der Waals surface area contributed by atoms with Crippen molar-refractivity contribution in [3.63, 3.8) is 0 Å². The normalized spacial score (nSPS) is 13.1. The lowest BCUT2D eigenvalue weighted by molar-refractivity contribution is -0.138. The van der Waals surface area contributed by atoms with Crippen LogP contribution in [0.1, 0.15) is 37.6 Å². The summed E-state index contributed by atoms with van der Waals surface area (Å²) in [6, 6.07) is 4.76. The molecule has 0 saturated heterocycles. The van der Waals surface area contributed by atoms with Crippen LogP contribution >= 0.6 is 0 Å². The average molecular weight is 289 g/mol. The molecule has 6 nitrogen and oxygen atoms in total. The maximum Gasteiger partial charge on any atom is 0.305 e. The Morgan fingerprint density at radius 3 is 2.71 bits per heavy atom. The maximum absolute atomic E-state index is 12.3. The molecule has 1 atom stereocenters. The predicted octanol–water partition coefficient (Wildman–Crippen LogP) is 2.18. The van der Waals surface area contributed by atoms with Gasteiger partial charge in [-0.3, -0.25) is 14.7 Å². The van der Waals surface area contributed by atoms with Crippen LogP contribution in [0.15, 0.2) is 24.4 Å². The summed E-state index contributed by atoms with van der Waals surface area (Å²) in [4.78, 5) is 23.3. The van der Waals surface area contributed by atoms with Crippen molar-refractivity contribution in [1.82, 2.24) is 15.5 Å². The number of nitrogens with zero attached hydrogens (tertiary/aromatic N) is 1. The first kappa shape index (κ1) is 15.0. The number of hydrogen-bond donors (Lipinski definition) is 3. The molecule has 112 valence electrons. The lowest BCUT2D eigenvalue weighted by atomic mass is 9.84. The predicted molar refractivity (Wildman–Crippen MR) is 79.1 cm³/mol. The van der Waals surface area contributed by atoms with Gasteiger partial charge in [-0.25, -0.2) is 0 Å². The highest BCUT2D eigenvalue weighted by molar-refractivity contribution is 5.98. The van der Waals surface area contributed by atoms with Crippen molar-refractivity contribution in [3.05, 3.63) is 30.0 Å². The minimum Gasteiger partial charge on any atom is -0.481 e. The minimum atomic E-state index is -0.930. The van der Waals surface area contributed by atoms with Gasteiger partial charge in [0, 0.05) is 17.0 Å². The van der Waals surface area contributed by atoms with E-state index >= 15 is 0 Å². The number of hydrogen-bond acceptors (Lipinski definition) is 3. The van der Waals surface area contributed by atoms with Crippen LogP contribution in [0.3, 0.4) is 0 Å². The van der Waals surface area contributed by atoms with E-state index in [-0.39, 0.29) is 17.7 Å². The number of aromatic nitrogens is 2. The number of nitrogens with one attached hydrogen (secondary N) is 2. The lowest BCUT2D eigenvalue weighted by Crippen LogP contribution is -2.45. The van der Waals surface area contributed by atoms with Gasteiger partial charge >= 0.3 is 5.97 Å². The molecule has 1 amide bonds. The van der Waals surface area contributed by atoms with Gasteiger partial charge in [0.2, 0.25) is 0 Å². The van der Waals surface area contributed by atoms with Gasteiger partial charge in [0.25, 0.3) is 5.91 Å². The first-order valence-corrected chi connectivity index (χ1v) is 6.73. The summed E-state index contributed by atoms with van der Waals surface area (Å²) < 4.78 is 0. The molecule has 2 aromatic rings. The van der Waals surface area contributed by atoms with Gasteiger partial charge in [-0.15, -0.1) is 0 Å². The third-order valence-electron chi connectivity index (χ3n) is 3.43. The standard InChI is InChI=1S/C15H19N3O3/c1-15(2,3)12(7-13(19)20)17-14(21)9-4-5-11-10(6-9)8-16-18-11/h4-6,8,12H,7H2,1-3H3,(H,16,18)(H,17,21)(H,19,20). The molecule has 3 N–H and O–H groups in total. The summed E-state index contributed by atoms with van der Waals surface area (Å²) >= 11 is 0. The first-order chi connectivity index (χ1) is 9.77. The summed E-state index contributed by atoms with van der Waals surface area (Å²) in [5.41, 5.74) is 1.00. The second-order valence-electron chi connectivity index (χ2n) is 6.16. The van der Waals surface area contributed by atoms with E-state index in [0.29, 0.717) is 5.56 Å². The van der Waals surface area contributed by atoms with E-state index in [0.717, 1.165) is 10.9 Å². The zero-order chi connectivity index (χ0) is 15.6. The molecular formula is C15H19N3O3. The Hall–Kier alpha value is -2.37. The number of amides is 1. The molecule has 0 radical (unpaired) electrons. The Kier molecular flexibility index (Phi) is 3.97. The molecule has 0 spiro atoms. The summed E-state index contributed by atoms with van der Waals surface area (Å²) in [7, 11) is 0. The number of aliphatic carboxylic acids is 1. The molecule has 0 aliphatic carbocycles. The molecule has 0 saturated carbocycles. The number of H-pyrrole nitrogens is 1. The Labute approximate surface area is 122 Å². The largest absolute Gasteiger partial charge is 0.481 e. The molecule has 1 heterocycles. The van der Waals surface area contributed by atoms with Crippen molar-refractivity contribution in [1.29, 1.82) is 0 Å². The van der Waals surface area contributed by atoms with Crippen LogP contribution in [0, 0.1) is 5.41 Å². The van der Waals surface area contributed by atoms with Crippen LogP contribution in [0.2, 0.25) is 0 Å². The highest BCUT2D eigenvalue weighted by atomic mass is 16.4. The Morgan fingerprint density at radius 1 is 1.38 bits per heavy atom. The zero-order valence-electron chi connectivity index (χ0n) is 12.3. The monoisotopic (exact) mass is 289 g/mol. The van der Waals surface area contributed by atoms with Gasteiger partial charge in [-0.05, 0) is 23.6 Å². The highest BCUT2D eigenvalue weighted by Gasteiger charge is 2.28. The molecule has 6 heteroatoms. The first-order valence-electron chi connectivity index (χ1n) is 6.73. The molecule has 0 fully saturated rings. The lowest BCUT2D eigenvalue weighted by Gasteiger charge is -2.30. The fraction of sp³-hybridized carbons (Fsp3) is 0.400. The number of fused-ring (bicyclic) bond motifs is 1. The van der Waals surface area contributed by atoms with E-state index < -0.39 is 12.0 Å². The maximum atomic E-state index is 12.3. The number of carboxylic acid groups (broad SMARTS) is 1. The SMILES string of the molecule is CC(C)(C)C(CC(=O)O)NC(=O)c1ccc2[nH]ncc2c1. The Morgan fingerprint density at radius 2 is 2.10 bits per heavy atom. The number of carboxylic acids is 1. The molecule has 21 heavy (non-hydrogen) atoms. The smallest absolute Gasteiger partial charge is 0.305 e. The molecule has 0 aliphatic heterocycles. The van der Waals surface area contributed by atoms with Crippen LogP contribution in [-0.4, -0.2) is 33.2 Å². The molecule has 1 aromatic carbocycles. The van der Waals surface area contributed by atoms with Crippen LogP contribution in [0.5, 0.6) is 0 Å². The van der Waals surface area contributed by atoms with Crippen molar-refractivity contribution in [2.24, 2.45) is 5.41 Å². The topological polar surface area (TPSA) is 95.1 Å². The van der Waals surface area contributed by atoms with Crippen molar-refractivity contribution in [3.8, 4) is 0 Å². The van der Waals surface area contributed by atoms with Crippen LogP contribution in [-0.2, 0) is 4.79 Å². The third kappa shape index (κ3) is 3.59. The van der Waals surface area contributed by atoms with E-state index in [4.69, 9.17) is 5.11 Å². The molecule has 2 rings (SSSR count). The van der Waals surface area contributed by atoms with E-state index in [2.05, 4.69) is 15.5 Å². The average Bonchev–Trinajstić information content (AvgIpc) is 2.83. The molecule has 0 aliphatic rings. The van der Waals surface area contributed by atoms with Gasteiger partial charge in [0.15, 0.2) is 0 Å². The summed E-state index contributed by atoms with van der Waals surface area (Å²) in [6.45, 7) is 5.71. The van der Waals surface area contributed by atoms with Gasteiger partial charge in [-0.1, -0.05) is 20.8 Å².